The molecular weight excluding hydrogens is 476 g/mol. The van der Waals surface area contributed by atoms with Gasteiger partial charge in [0.15, 0.2) is 23.0 Å². The largest absolute Gasteiger partial charge is 0.504 e. The number of anilines is 1. The van der Waals surface area contributed by atoms with Crippen molar-refractivity contribution >= 4 is 17.3 Å². The van der Waals surface area contributed by atoms with E-state index in [9.17, 15) is 9.90 Å². The minimum Gasteiger partial charge on any atom is -0.504 e. The van der Waals surface area contributed by atoms with Gasteiger partial charge < -0.3 is 29.2 Å². The predicted octanol–water partition coefficient (Wildman–Crippen LogP) is 4.88. The number of urea groups is 1. The topological polar surface area (TPSA) is 119 Å². The molecule has 1 unspecified atom stereocenters. The van der Waals surface area contributed by atoms with Gasteiger partial charge in [0.05, 0.1) is 24.4 Å². The first kappa shape index (κ1) is 22.5. The van der Waals surface area contributed by atoms with Crippen molar-refractivity contribution in [1.29, 1.82) is 0 Å². The van der Waals surface area contributed by atoms with Crippen LogP contribution in [0, 0.1) is 0 Å². The third kappa shape index (κ3) is 3.88. The number of aromatic hydroxyl groups is 1. The van der Waals surface area contributed by atoms with Crippen LogP contribution in [0.25, 0.3) is 17.0 Å². The zero-order valence-corrected chi connectivity index (χ0v) is 20.0. The summed E-state index contributed by atoms with van der Waals surface area (Å²) in [5.74, 6) is 2.07. The monoisotopic (exact) mass is 498 g/mol. The molecule has 3 heterocycles. The number of aromatic nitrogens is 2. The normalized spacial score (nSPS) is 16.6. The first-order valence-corrected chi connectivity index (χ1v) is 11.5. The van der Waals surface area contributed by atoms with Crippen LogP contribution in [0.3, 0.4) is 0 Å². The first-order chi connectivity index (χ1) is 18.0. The van der Waals surface area contributed by atoms with E-state index < -0.39 is 6.04 Å². The van der Waals surface area contributed by atoms with Crippen LogP contribution in [-0.4, -0.2) is 35.2 Å². The molecule has 6 rings (SSSR count). The lowest BCUT2D eigenvalue weighted by Crippen LogP contribution is -2.46. The van der Waals surface area contributed by atoms with Gasteiger partial charge in [-0.15, -0.1) is 0 Å². The fourth-order valence-corrected chi connectivity index (χ4v) is 4.53. The Labute approximate surface area is 211 Å². The number of ether oxygens (including phenoxy) is 3. The maximum Gasteiger partial charge on any atom is 0.327 e. The van der Waals surface area contributed by atoms with Gasteiger partial charge in [-0.3, -0.25) is 4.90 Å². The molecule has 0 bridgehead atoms. The van der Waals surface area contributed by atoms with E-state index in [2.05, 4.69) is 15.5 Å². The van der Waals surface area contributed by atoms with E-state index in [0.29, 0.717) is 45.6 Å². The number of allylic oxidation sites excluding steroid dienone is 1. The van der Waals surface area contributed by atoms with Crippen molar-refractivity contribution in [3.8, 4) is 34.4 Å². The molecule has 0 fully saturated rings. The third-order valence-corrected chi connectivity index (χ3v) is 6.32. The van der Waals surface area contributed by atoms with Gasteiger partial charge in [-0.2, -0.15) is 4.98 Å². The van der Waals surface area contributed by atoms with Gasteiger partial charge in [-0.05, 0) is 36.8 Å². The molecule has 3 aromatic carbocycles. The number of benzene rings is 3. The fraction of sp³-hybridized carbons (Fsp3) is 0.148. The molecular formula is C27H22N4O6. The van der Waals surface area contributed by atoms with Crippen molar-refractivity contribution in [3.05, 3.63) is 83.9 Å². The van der Waals surface area contributed by atoms with Crippen LogP contribution >= 0.6 is 0 Å². The van der Waals surface area contributed by atoms with E-state index in [1.807, 2.05) is 30.3 Å². The molecule has 0 aliphatic carbocycles. The SMILES string of the molecule is COc1ccc(C2NC(=O)N(c3ccc4c(c3)OCO4)C(C)=C2c2nc(-c3ccccc3)no2)cc1O. The third-order valence-electron chi connectivity index (χ3n) is 6.32. The highest BCUT2D eigenvalue weighted by Crippen LogP contribution is 2.43. The summed E-state index contributed by atoms with van der Waals surface area (Å²) in [5, 5.41) is 17.6. The average Bonchev–Trinajstić information content (AvgIpc) is 3.58. The molecule has 10 nitrogen and oxygen atoms in total. The van der Waals surface area contributed by atoms with Crippen molar-refractivity contribution in [2.75, 3.05) is 18.8 Å². The van der Waals surface area contributed by atoms with Crippen LogP contribution in [0.15, 0.2) is 77.0 Å². The van der Waals surface area contributed by atoms with Gasteiger partial charge in [-0.25, -0.2) is 4.79 Å². The van der Waals surface area contributed by atoms with Gasteiger partial charge in [0.1, 0.15) is 0 Å². The number of methoxy groups -OCH3 is 1. The Balaban J connectivity index is 1.49. The Bertz CT molecular complexity index is 1530. The lowest BCUT2D eigenvalue weighted by Gasteiger charge is -2.35. The number of phenolic OH excluding ortho intramolecular Hbond substituents is 1. The molecule has 4 aromatic rings. The molecule has 1 aromatic heterocycles. The van der Waals surface area contributed by atoms with E-state index in [1.165, 1.54) is 12.0 Å². The Morgan fingerprint density at radius 2 is 1.86 bits per heavy atom. The highest BCUT2D eigenvalue weighted by molar-refractivity contribution is 6.01. The van der Waals surface area contributed by atoms with Crippen LogP contribution in [0.2, 0.25) is 0 Å². The van der Waals surface area contributed by atoms with Crippen LogP contribution in [0.5, 0.6) is 23.0 Å². The molecule has 2 amide bonds. The number of carbonyl (C=O) groups excluding carboxylic acids is 1. The van der Waals surface area contributed by atoms with Crippen LogP contribution in [0.4, 0.5) is 10.5 Å². The number of phenols is 1. The van der Waals surface area contributed by atoms with Crippen molar-refractivity contribution in [2.45, 2.75) is 13.0 Å². The van der Waals surface area contributed by atoms with E-state index in [4.69, 9.17) is 18.7 Å². The number of rotatable bonds is 5. The number of amides is 2. The summed E-state index contributed by atoms with van der Waals surface area (Å²) in [6.45, 7) is 1.93. The van der Waals surface area contributed by atoms with Crippen LogP contribution in [0.1, 0.15) is 24.4 Å². The van der Waals surface area contributed by atoms with Crippen LogP contribution < -0.4 is 24.4 Å². The van der Waals surface area contributed by atoms with Crippen molar-refractivity contribution in [3.63, 3.8) is 0 Å². The molecule has 0 saturated heterocycles. The predicted molar refractivity (Wildman–Crippen MR) is 133 cm³/mol. The van der Waals surface area contributed by atoms with Gasteiger partial charge >= 0.3 is 6.03 Å². The quantitative estimate of drug-likeness (QED) is 0.400. The van der Waals surface area contributed by atoms with E-state index in [1.54, 1.807) is 43.3 Å². The molecule has 1 atom stereocenters. The van der Waals surface area contributed by atoms with Gasteiger partial charge in [0, 0.05) is 17.3 Å². The minimum absolute atomic E-state index is 0.0556. The molecule has 2 N–H and O–H groups in total. The Hall–Kier alpha value is -4.99. The maximum absolute atomic E-state index is 13.5. The summed E-state index contributed by atoms with van der Waals surface area (Å²) >= 11 is 0. The van der Waals surface area contributed by atoms with Gasteiger partial charge in [0.2, 0.25) is 12.6 Å². The highest BCUT2D eigenvalue weighted by atomic mass is 16.7. The average molecular weight is 498 g/mol. The van der Waals surface area contributed by atoms with E-state index >= 15 is 0 Å². The number of hydrogen-bond acceptors (Lipinski definition) is 8. The highest BCUT2D eigenvalue weighted by Gasteiger charge is 2.37. The number of nitrogens with one attached hydrogen (secondary N) is 1. The number of nitrogens with zero attached hydrogens (tertiary/aromatic N) is 3. The molecule has 0 saturated carbocycles. The second-order valence-electron chi connectivity index (χ2n) is 8.48. The molecule has 10 heteroatoms. The van der Waals surface area contributed by atoms with E-state index in [0.717, 1.165) is 5.56 Å². The molecule has 0 spiro atoms. The number of fused-ring (bicyclic) bond motifs is 1. The number of carbonyl (C=O) groups is 1. The molecule has 0 radical (unpaired) electrons. The lowest BCUT2D eigenvalue weighted by atomic mass is 9.94. The number of hydrogen-bond donors (Lipinski definition) is 2. The molecule has 2 aliphatic heterocycles. The zero-order valence-electron chi connectivity index (χ0n) is 20.0. The first-order valence-electron chi connectivity index (χ1n) is 11.5. The standard InChI is InChI=1S/C27H22N4O6/c1-15-23(26-29-25(30-37-26)16-6-4-3-5-7-16)24(17-8-10-20(34-2)19(32)12-17)28-27(33)31(15)18-9-11-21-22(13-18)36-14-35-21/h3-13,24,32H,14H2,1-2H3,(H,28,33). The second kappa shape index (κ2) is 8.90. The van der Waals surface area contributed by atoms with Crippen LogP contribution in [-0.2, 0) is 0 Å². The Morgan fingerprint density at radius 3 is 2.65 bits per heavy atom. The summed E-state index contributed by atoms with van der Waals surface area (Å²) in [7, 11) is 1.47. The summed E-state index contributed by atoms with van der Waals surface area (Å²) < 4.78 is 21.8. The Kier molecular flexibility index (Phi) is 5.41. The summed E-state index contributed by atoms with van der Waals surface area (Å²) in [4.78, 5) is 19.6. The van der Waals surface area contributed by atoms with Crippen molar-refractivity contribution in [1.82, 2.24) is 15.5 Å². The van der Waals surface area contributed by atoms with Gasteiger partial charge in [0.25, 0.3) is 5.89 Å². The Morgan fingerprint density at radius 1 is 1.05 bits per heavy atom. The van der Waals surface area contributed by atoms with Gasteiger partial charge in [-0.1, -0.05) is 41.6 Å². The zero-order chi connectivity index (χ0) is 25.5. The summed E-state index contributed by atoms with van der Waals surface area (Å²) in [6, 6.07) is 18.6. The second-order valence-corrected chi connectivity index (χ2v) is 8.48. The smallest absolute Gasteiger partial charge is 0.327 e. The summed E-state index contributed by atoms with van der Waals surface area (Å²) in [5.41, 5.74) is 3.14. The molecule has 37 heavy (non-hydrogen) atoms. The maximum atomic E-state index is 13.5. The minimum atomic E-state index is -0.682. The summed E-state index contributed by atoms with van der Waals surface area (Å²) in [6.07, 6.45) is 0. The van der Waals surface area contributed by atoms with Crippen molar-refractivity contribution < 1.29 is 28.6 Å². The molecule has 186 valence electrons. The fourth-order valence-electron chi connectivity index (χ4n) is 4.53. The van der Waals surface area contributed by atoms with Crippen molar-refractivity contribution in [2.24, 2.45) is 0 Å². The molecule has 2 aliphatic rings. The van der Waals surface area contributed by atoms with E-state index in [-0.39, 0.29) is 24.5 Å². The lowest BCUT2D eigenvalue weighted by molar-refractivity contribution is 0.174.